The lowest BCUT2D eigenvalue weighted by Crippen LogP contribution is -2.21. The average Bonchev–Trinajstić information content (AvgIpc) is 2.49. The Morgan fingerprint density at radius 3 is 1.87 bits per heavy atom. The number of esters is 2. The number of rotatable bonds is 4. The summed E-state index contributed by atoms with van der Waals surface area (Å²) >= 11 is 0. The number of ether oxygens (including phenoxy) is 2. The normalized spacial score (nSPS) is 9.78. The molecule has 0 bridgehead atoms. The van der Waals surface area contributed by atoms with E-state index in [4.69, 9.17) is 20.9 Å². The van der Waals surface area contributed by atoms with Crippen molar-refractivity contribution in [3.05, 3.63) is 54.1 Å². The molecule has 0 aromatic heterocycles. The number of carbonyl (C=O) groups excluding carboxylic acids is 2. The van der Waals surface area contributed by atoms with E-state index in [2.05, 4.69) is 4.99 Å². The van der Waals surface area contributed by atoms with Gasteiger partial charge in [-0.15, -0.1) is 0 Å². The minimum Gasteiger partial charge on any atom is -0.427 e. The first-order valence-corrected chi connectivity index (χ1v) is 6.64. The van der Waals surface area contributed by atoms with Crippen LogP contribution >= 0.6 is 0 Å². The first-order chi connectivity index (χ1) is 10.9. The predicted octanol–water partition coefficient (Wildman–Crippen LogP) is 1.74. The molecule has 0 fully saturated rings. The quantitative estimate of drug-likeness (QED) is 0.384. The van der Waals surface area contributed by atoms with E-state index in [9.17, 15) is 9.59 Å². The van der Waals surface area contributed by atoms with Gasteiger partial charge in [-0.3, -0.25) is 4.79 Å². The van der Waals surface area contributed by atoms with E-state index >= 15 is 0 Å². The Bertz CT molecular complexity index is 733. The second-order valence-electron chi connectivity index (χ2n) is 4.54. The van der Waals surface area contributed by atoms with Crippen LogP contribution < -0.4 is 20.9 Å². The molecule has 7 heteroatoms. The molecule has 0 amide bonds. The number of nitrogens with zero attached hydrogens (tertiary/aromatic N) is 1. The van der Waals surface area contributed by atoms with E-state index < -0.39 is 11.9 Å². The van der Waals surface area contributed by atoms with E-state index in [-0.39, 0.29) is 5.96 Å². The third-order valence-electron chi connectivity index (χ3n) is 2.66. The van der Waals surface area contributed by atoms with Crippen LogP contribution in [0.5, 0.6) is 11.5 Å². The zero-order valence-electron chi connectivity index (χ0n) is 12.4. The van der Waals surface area contributed by atoms with Gasteiger partial charge in [0.15, 0.2) is 5.96 Å². The van der Waals surface area contributed by atoms with Crippen LogP contribution in [0, 0.1) is 0 Å². The number of aliphatic imine (C=N–C) groups is 1. The van der Waals surface area contributed by atoms with Crippen molar-refractivity contribution >= 4 is 23.6 Å². The SMILES string of the molecule is CC(=O)Oc1ccc(OC(=O)c2ccc(N=C(N)N)cc2)cc1. The average molecular weight is 313 g/mol. The van der Waals surface area contributed by atoms with Gasteiger partial charge in [0.2, 0.25) is 0 Å². The standard InChI is InChI=1S/C16H15N3O4/c1-10(20)22-13-6-8-14(9-7-13)23-15(21)11-2-4-12(5-3-11)19-16(17)18/h2-9H,1H3,(H4,17,18,19). The van der Waals surface area contributed by atoms with E-state index in [1.807, 2.05) is 0 Å². The van der Waals surface area contributed by atoms with Crippen LogP contribution in [0.4, 0.5) is 5.69 Å². The van der Waals surface area contributed by atoms with Crippen LogP contribution in [-0.4, -0.2) is 17.9 Å². The van der Waals surface area contributed by atoms with Gasteiger partial charge in [0, 0.05) is 6.92 Å². The van der Waals surface area contributed by atoms with Gasteiger partial charge in [0.25, 0.3) is 0 Å². The summed E-state index contributed by atoms with van der Waals surface area (Å²) < 4.78 is 10.1. The lowest BCUT2D eigenvalue weighted by atomic mass is 10.2. The summed E-state index contributed by atoms with van der Waals surface area (Å²) in [6.07, 6.45) is 0. The van der Waals surface area contributed by atoms with Crippen molar-refractivity contribution in [3.63, 3.8) is 0 Å². The number of guanidine groups is 1. The minimum atomic E-state index is -0.526. The molecule has 23 heavy (non-hydrogen) atoms. The third-order valence-corrected chi connectivity index (χ3v) is 2.66. The molecular weight excluding hydrogens is 298 g/mol. The Kier molecular flexibility index (Phi) is 4.93. The summed E-state index contributed by atoms with van der Waals surface area (Å²) in [6.45, 7) is 1.31. The Hall–Kier alpha value is -3.35. The van der Waals surface area contributed by atoms with Gasteiger partial charge in [-0.1, -0.05) is 0 Å². The zero-order chi connectivity index (χ0) is 16.8. The van der Waals surface area contributed by atoms with Crippen molar-refractivity contribution in [1.82, 2.24) is 0 Å². The lowest BCUT2D eigenvalue weighted by Gasteiger charge is -2.06. The zero-order valence-corrected chi connectivity index (χ0v) is 12.4. The number of hydrogen-bond acceptors (Lipinski definition) is 5. The van der Waals surface area contributed by atoms with Crippen LogP contribution in [0.25, 0.3) is 0 Å². The molecule has 0 heterocycles. The Morgan fingerprint density at radius 1 is 0.870 bits per heavy atom. The van der Waals surface area contributed by atoms with Crippen LogP contribution in [0.1, 0.15) is 17.3 Å². The highest BCUT2D eigenvalue weighted by molar-refractivity contribution is 5.91. The van der Waals surface area contributed by atoms with Crippen molar-refractivity contribution in [2.45, 2.75) is 6.92 Å². The van der Waals surface area contributed by atoms with Crippen molar-refractivity contribution in [1.29, 1.82) is 0 Å². The van der Waals surface area contributed by atoms with E-state index in [1.54, 1.807) is 24.3 Å². The van der Waals surface area contributed by atoms with Crippen molar-refractivity contribution in [2.75, 3.05) is 0 Å². The Balaban J connectivity index is 2.03. The molecule has 0 radical (unpaired) electrons. The fraction of sp³-hybridized carbons (Fsp3) is 0.0625. The van der Waals surface area contributed by atoms with Gasteiger partial charge >= 0.3 is 11.9 Å². The summed E-state index contributed by atoms with van der Waals surface area (Å²) in [5.41, 5.74) is 11.4. The first-order valence-electron chi connectivity index (χ1n) is 6.64. The summed E-state index contributed by atoms with van der Waals surface area (Å²) in [7, 11) is 0. The van der Waals surface area contributed by atoms with Gasteiger partial charge in [0.1, 0.15) is 11.5 Å². The van der Waals surface area contributed by atoms with Crippen LogP contribution in [0.3, 0.4) is 0 Å². The molecule has 0 aliphatic rings. The van der Waals surface area contributed by atoms with Gasteiger partial charge in [0.05, 0.1) is 11.3 Å². The monoisotopic (exact) mass is 313 g/mol. The van der Waals surface area contributed by atoms with Crippen LogP contribution in [-0.2, 0) is 4.79 Å². The maximum Gasteiger partial charge on any atom is 0.343 e. The molecule has 0 saturated heterocycles. The molecular formula is C16H15N3O4. The Labute approximate surface area is 132 Å². The highest BCUT2D eigenvalue weighted by atomic mass is 16.5. The smallest absolute Gasteiger partial charge is 0.343 e. The fourth-order valence-corrected chi connectivity index (χ4v) is 1.73. The van der Waals surface area contributed by atoms with Crippen LogP contribution in [0.2, 0.25) is 0 Å². The summed E-state index contributed by atoms with van der Waals surface area (Å²) in [6, 6.07) is 12.4. The summed E-state index contributed by atoms with van der Waals surface area (Å²) in [5.74, 6) is -0.302. The maximum absolute atomic E-state index is 12.0. The largest absolute Gasteiger partial charge is 0.427 e. The molecule has 2 aromatic carbocycles. The molecule has 0 saturated carbocycles. The predicted molar refractivity (Wildman–Crippen MR) is 84.6 cm³/mol. The highest BCUT2D eigenvalue weighted by Crippen LogP contribution is 2.19. The maximum atomic E-state index is 12.0. The molecule has 118 valence electrons. The summed E-state index contributed by atoms with van der Waals surface area (Å²) in [5, 5.41) is 0. The molecule has 2 aromatic rings. The second-order valence-corrected chi connectivity index (χ2v) is 4.54. The van der Waals surface area contributed by atoms with Gasteiger partial charge in [-0.25, -0.2) is 9.79 Å². The number of hydrogen-bond donors (Lipinski definition) is 2. The molecule has 7 nitrogen and oxygen atoms in total. The van der Waals surface area contributed by atoms with Crippen LogP contribution in [0.15, 0.2) is 53.5 Å². The van der Waals surface area contributed by atoms with Gasteiger partial charge in [-0.2, -0.15) is 0 Å². The second kappa shape index (κ2) is 7.08. The fourth-order valence-electron chi connectivity index (χ4n) is 1.73. The number of benzene rings is 2. The third kappa shape index (κ3) is 4.85. The van der Waals surface area contributed by atoms with Gasteiger partial charge < -0.3 is 20.9 Å². The molecule has 0 unspecified atom stereocenters. The highest BCUT2D eigenvalue weighted by Gasteiger charge is 2.09. The molecule has 2 rings (SSSR count). The topological polar surface area (TPSA) is 117 Å². The van der Waals surface area contributed by atoms with Gasteiger partial charge in [-0.05, 0) is 48.5 Å². The molecule has 0 spiro atoms. The minimum absolute atomic E-state index is 0.0619. The van der Waals surface area contributed by atoms with E-state index in [1.165, 1.54) is 31.2 Å². The van der Waals surface area contributed by atoms with Crippen molar-refractivity contribution < 1.29 is 19.1 Å². The van der Waals surface area contributed by atoms with Crippen molar-refractivity contribution in [2.24, 2.45) is 16.5 Å². The summed E-state index contributed by atoms with van der Waals surface area (Å²) in [4.78, 5) is 26.7. The van der Waals surface area contributed by atoms with E-state index in [0.717, 1.165) is 0 Å². The lowest BCUT2D eigenvalue weighted by molar-refractivity contribution is -0.131. The number of carbonyl (C=O) groups is 2. The molecule has 0 aliphatic heterocycles. The number of nitrogens with two attached hydrogens (primary N) is 2. The van der Waals surface area contributed by atoms with E-state index in [0.29, 0.717) is 22.7 Å². The van der Waals surface area contributed by atoms with Crippen molar-refractivity contribution in [3.8, 4) is 11.5 Å². The molecule has 0 atom stereocenters. The molecule has 0 aliphatic carbocycles. The molecule has 4 N–H and O–H groups in total. The first kappa shape index (κ1) is 16.0. The Morgan fingerprint density at radius 2 is 1.39 bits per heavy atom.